The van der Waals surface area contributed by atoms with E-state index in [1.54, 1.807) is 0 Å². The van der Waals surface area contributed by atoms with Gasteiger partial charge in [0.15, 0.2) is 0 Å². The molecule has 1 N–H and O–H groups in total. The molecule has 2 heteroatoms. The van der Waals surface area contributed by atoms with Crippen LogP contribution >= 0.6 is 0 Å². The monoisotopic (exact) mass is 171 g/mol. The molecular weight excluding hydrogens is 150 g/mol. The summed E-state index contributed by atoms with van der Waals surface area (Å²) in [5, 5.41) is 3.10. The molecule has 0 atom stereocenters. The molecule has 0 aromatic rings. The minimum Gasteiger partial charge on any atom is -0.374 e. The summed E-state index contributed by atoms with van der Waals surface area (Å²) in [4.78, 5) is 0. The third-order valence-electron chi connectivity index (χ3n) is 2.71. The summed E-state index contributed by atoms with van der Waals surface area (Å²) in [6.07, 6.45) is 6.57. The molecule has 0 spiro atoms. The Morgan fingerprint density at radius 1 is 1.25 bits per heavy atom. The van der Waals surface area contributed by atoms with E-state index in [4.69, 9.17) is 4.74 Å². The number of hydrogen-bond donors (Lipinski definition) is 1. The van der Waals surface area contributed by atoms with E-state index in [1.165, 1.54) is 32.1 Å². The van der Waals surface area contributed by atoms with E-state index in [0.717, 1.165) is 13.2 Å². The summed E-state index contributed by atoms with van der Waals surface area (Å²) in [5.74, 6) is 0. The van der Waals surface area contributed by atoms with Gasteiger partial charge in [0, 0.05) is 6.54 Å². The van der Waals surface area contributed by atoms with E-state index >= 15 is 0 Å². The van der Waals surface area contributed by atoms with Crippen molar-refractivity contribution in [3.05, 3.63) is 0 Å². The average Bonchev–Trinajstić information content (AvgIpc) is 2.06. The summed E-state index contributed by atoms with van der Waals surface area (Å²) in [6, 6.07) is 0. The lowest BCUT2D eigenvalue weighted by molar-refractivity contribution is -0.0539. The predicted octanol–water partition coefficient (Wildman–Crippen LogP) is 1.95. The largest absolute Gasteiger partial charge is 0.374 e. The summed E-state index contributed by atoms with van der Waals surface area (Å²) in [5.41, 5.74) is 0.190. The van der Waals surface area contributed by atoms with Gasteiger partial charge in [-0.1, -0.05) is 19.3 Å². The molecule has 1 aliphatic carbocycles. The van der Waals surface area contributed by atoms with Gasteiger partial charge < -0.3 is 10.1 Å². The van der Waals surface area contributed by atoms with Crippen molar-refractivity contribution in [3.8, 4) is 0 Å². The van der Waals surface area contributed by atoms with Gasteiger partial charge in [-0.3, -0.25) is 0 Å². The molecule has 0 bridgehead atoms. The molecule has 1 saturated carbocycles. The van der Waals surface area contributed by atoms with E-state index in [-0.39, 0.29) is 5.60 Å². The van der Waals surface area contributed by atoms with Gasteiger partial charge in [0.1, 0.15) is 0 Å². The Morgan fingerprint density at radius 3 is 2.50 bits per heavy atom. The average molecular weight is 171 g/mol. The Kier molecular flexibility index (Phi) is 4.02. The Bertz CT molecular complexity index is 119. The van der Waals surface area contributed by atoms with E-state index in [9.17, 15) is 0 Å². The number of ether oxygens (including phenoxy) is 1. The number of rotatable bonds is 4. The third-order valence-corrected chi connectivity index (χ3v) is 2.71. The number of likely N-dealkylation sites (N-methyl/N-ethyl adjacent to an activating group) is 1. The van der Waals surface area contributed by atoms with Crippen molar-refractivity contribution < 1.29 is 4.74 Å². The van der Waals surface area contributed by atoms with Gasteiger partial charge in [-0.25, -0.2) is 0 Å². The van der Waals surface area contributed by atoms with Crippen molar-refractivity contribution in [2.24, 2.45) is 0 Å². The third kappa shape index (κ3) is 3.11. The normalized spacial score (nSPS) is 22.5. The zero-order chi connectivity index (χ0) is 8.86. The van der Waals surface area contributed by atoms with E-state index in [0.29, 0.717) is 0 Å². The van der Waals surface area contributed by atoms with Crippen LogP contribution in [-0.4, -0.2) is 25.8 Å². The minimum absolute atomic E-state index is 0.190. The van der Waals surface area contributed by atoms with Crippen molar-refractivity contribution in [1.29, 1.82) is 0 Å². The van der Waals surface area contributed by atoms with Crippen LogP contribution in [0.5, 0.6) is 0 Å². The molecule has 72 valence electrons. The molecule has 0 unspecified atom stereocenters. The zero-order valence-corrected chi connectivity index (χ0v) is 8.36. The van der Waals surface area contributed by atoms with Crippen LogP contribution in [-0.2, 0) is 4.74 Å². The maximum atomic E-state index is 5.85. The second kappa shape index (κ2) is 4.83. The highest BCUT2D eigenvalue weighted by Crippen LogP contribution is 2.30. The SMILES string of the molecule is CNCCOC1(C)CCCCC1. The van der Waals surface area contributed by atoms with Crippen LogP contribution in [0.2, 0.25) is 0 Å². The van der Waals surface area contributed by atoms with Crippen LogP contribution in [0.15, 0.2) is 0 Å². The Hall–Kier alpha value is -0.0800. The van der Waals surface area contributed by atoms with Crippen LogP contribution in [0.25, 0.3) is 0 Å². The lowest BCUT2D eigenvalue weighted by Gasteiger charge is -2.33. The van der Waals surface area contributed by atoms with Gasteiger partial charge in [0.25, 0.3) is 0 Å². The minimum atomic E-state index is 0.190. The Balaban J connectivity index is 2.17. The van der Waals surface area contributed by atoms with Crippen LogP contribution in [0.3, 0.4) is 0 Å². The first-order valence-corrected chi connectivity index (χ1v) is 5.05. The highest BCUT2D eigenvalue weighted by molar-refractivity contribution is 4.79. The Labute approximate surface area is 75.7 Å². The first kappa shape index (κ1) is 10.0. The van der Waals surface area contributed by atoms with Crippen LogP contribution < -0.4 is 5.32 Å². The highest BCUT2D eigenvalue weighted by Gasteiger charge is 2.26. The van der Waals surface area contributed by atoms with E-state index < -0.39 is 0 Å². The summed E-state index contributed by atoms with van der Waals surface area (Å²) >= 11 is 0. The molecule has 0 aromatic carbocycles. The van der Waals surface area contributed by atoms with Gasteiger partial charge in [0.05, 0.1) is 12.2 Å². The first-order chi connectivity index (χ1) is 5.77. The van der Waals surface area contributed by atoms with Crippen molar-refractivity contribution >= 4 is 0 Å². The second-order valence-corrected chi connectivity index (χ2v) is 3.96. The molecule has 0 radical (unpaired) electrons. The van der Waals surface area contributed by atoms with Crippen molar-refractivity contribution in [3.63, 3.8) is 0 Å². The summed E-state index contributed by atoms with van der Waals surface area (Å²) < 4.78 is 5.85. The predicted molar refractivity (Wildman–Crippen MR) is 51.4 cm³/mol. The fraction of sp³-hybridized carbons (Fsp3) is 1.00. The van der Waals surface area contributed by atoms with E-state index in [1.807, 2.05) is 7.05 Å². The molecule has 12 heavy (non-hydrogen) atoms. The van der Waals surface area contributed by atoms with Crippen molar-refractivity contribution in [1.82, 2.24) is 5.32 Å². The van der Waals surface area contributed by atoms with E-state index in [2.05, 4.69) is 12.2 Å². The molecule has 0 aromatic heterocycles. The smallest absolute Gasteiger partial charge is 0.0655 e. The van der Waals surface area contributed by atoms with Crippen molar-refractivity contribution in [2.75, 3.05) is 20.2 Å². The van der Waals surface area contributed by atoms with Gasteiger partial charge in [-0.05, 0) is 26.8 Å². The standard InChI is InChI=1S/C10H21NO/c1-10(12-9-8-11-2)6-4-3-5-7-10/h11H,3-9H2,1-2H3. The lowest BCUT2D eigenvalue weighted by atomic mass is 9.86. The molecule has 1 aliphatic rings. The summed E-state index contributed by atoms with van der Waals surface area (Å²) in [7, 11) is 1.96. The fourth-order valence-electron chi connectivity index (χ4n) is 1.84. The zero-order valence-electron chi connectivity index (χ0n) is 8.36. The van der Waals surface area contributed by atoms with Gasteiger partial charge in [-0.15, -0.1) is 0 Å². The van der Waals surface area contributed by atoms with Gasteiger partial charge in [-0.2, -0.15) is 0 Å². The number of nitrogens with one attached hydrogen (secondary N) is 1. The van der Waals surface area contributed by atoms with Gasteiger partial charge in [0.2, 0.25) is 0 Å². The maximum absolute atomic E-state index is 5.85. The van der Waals surface area contributed by atoms with Crippen LogP contribution in [0.4, 0.5) is 0 Å². The molecular formula is C10H21NO. The Morgan fingerprint density at radius 2 is 1.92 bits per heavy atom. The van der Waals surface area contributed by atoms with Gasteiger partial charge >= 0.3 is 0 Å². The first-order valence-electron chi connectivity index (χ1n) is 5.05. The van der Waals surface area contributed by atoms with Crippen molar-refractivity contribution in [2.45, 2.75) is 44.6 Å². The lowest BCUT2D eigenvalue weighted by Crippen LogP contribution is -2.33. The molecule has 0 heterocycles. The van der Waals surface area contributed by atoms with Crippen LogP contribution in [0, 0.1) is 0 Å². The molecule has 0 amide bonds. The van der Waals surface area contributed by atoms with Crippen LogP contribution in [0.1, 0.15) is 39.0 Å². The highest BCUT2D eigenvalue weighted by atomic mass is 16.5. The fourth-order valence-corrected chi connectivity index (χ4v) is 1.84. The maximum Gasteiger partial charge on any atom is 0.0655 e. The molecule has 1 fully saturated rings. The number of hydrogen-bond acceptors (Lipinski definition) is 2. The quantitative estimate of drug-likeness (QED) is 0.653. The molecule has 2 nitrogen and oxygen atoms in total. The second-order valence-electron chi connectivity index (χ2n) is 3.96. The molecule has 0 saturated heterocycles. The summed E-state index contributed by atoms with van der Waals surface area (Å²) in [6.45, 7) is 4.07. The molecule has 0 aliphatic heterocycles. The topological polar surface area (TPSA) is 21.3 Å². The molecule has 1 rings (SSSR count).